The Morgan fingerprint density at radius 2 is 1.86 bits per heavy atom. The lowest BCUT2D eigenvalue weighted by Crippen LogP contribution is -2.20. The number of rotatable bonds is 6. The van der Waals surface area contributed by atoms with Crippen molar-refractivity contribution in [3.8, 4) is 17.2 Å². The van der Waals surface area contributed by atoms with Crippen LogP contribution in [0.15, 0.2) is 42.5 Å². The highest BCUT2D eigenvalue weighted by atomic mass is 19.1. The fraction of sp³-hybridized carbons (Fsp3) is 0.188. The van der Waals surface area contributed by atoms with Gasteiger partial charge in [-0.2, -0.15) is 0 Å². The van der Waals surface area contributed by atoms with Gasteiger partial charge in [0.15, 0.2) is 18.1 Å². The number of anilines is 1. The highest BCUT2D eigenvalue weighted by Crippen LogP contribution is 2.29. The molecule has 0 saturated heterocycles. The molecule has 22 heavy (non-hydrogen) atoms. The maximum absolute atomic E-state index is 13.0. The van der Waals surface area contributed by atoms with E-state index in [9.17, 15) is 9.18 Å². The largest absolute Gasteiger partial charge is 0.493 e. The number of amides is 1. The maximum atomic E-state index is 13.0. The van der Waals surface area contributed by atoms with E-state index in [0.29, 0.717) is 22.9 Å². The van der Waals surface area contributed by atoms with Crippen LogP contribution in [0.5, 0.6) is 17.2 Å². The minimum absolute atomic E-state index is 0.224. The van der Waals surface area contributed by atoms with Gasteiger partial charge in [0, 0.05) is 17.8 Å². The van der Waals surface area contributed by atoms with Gasteiger partial charge in [0.05, 0.1) is 14.2 Å². The van der Waals surface area contributed by atoms with E-state index >= 15 is 0 Å². The number of benzene rings is 2. The summed E-state index contributed by atoms with van der Waals surface area (Å²) in [6, 6.07) is 10.6. The Labute approximate surface area is 127 Å². The third-order valence-electron chi connectivity index (χ3n) is 2.83. The average molecular weight is 305 g/mol. The fourth-order valence-corrected chi connectivity index (χ4v) is 1.82. The highest BCUT2D eigenvalue weighted by Gasteiger charge is 2.08. The van der Waals surface area contributed by atoms with Crippen LogP contribution in [0.25, 0.3) is 0 Å². The van der Waals surface area contributed by atoms with Crippen LogP contribution in [0.3, 0.4) is 0 Å². The summed E-state index contributed by atoms with van der Waals surface area (Å²) in [5.41, 5.74) is 0.547. The Balaban J connectivity index is 1.94. The zero-order valence-electron chi connectivity index (χ0n) is 12.3. The van der Waals surface area contributed by atoms with Gasteiger partial charge in [-0.25, -0.2) is 4.39 Å². The number of methoxy groups -OCH3 is 2. The third kappa shape index (κ3) is 4.12. The molecule has 0 spiro atoms. The lowest BCUT2D eigenvalue weighted by molar-refractivity contribution is -0.118. The molecule has 0 fully saturated rings. The van der Waals surface area contributed by atoms with Crippen molar-refractivity contribution in [2.45, 2.75) is 0 Å². The van der Waals surface area contributed by atoms with Crippen LogP contribution in [0.4, 0.5) is 10.1 Å². The Morgan fingerprint density at radius 1 is 1.09 bits per heavy atom. The predicted octanol–water partition coefficient (Wildman–Crippen LogP) is 2.86. The molecule has 0 aliphatic carbocycles. The van der Waals surface area contributed by atoms with Gasteiger partial charge < -0.3 is 19.5 Å². The molecule has 0 aliphatic heterocycles. The molecule has 5 nitrogen and oxygen atoms in total. The molecular weight excluding hydrogens is 289 g/mol. The van der Waals surface area contributed by atoms with Crippen LogP contribution in [-0.2, 0) is 4.79 Å². The quantitative estimate of drug-likeness (QED) is 0.891. The molecule has 0 bridgehead atoms. The summed E-state index contributed by atoms with van der Waals surface area (Å²) in [5, 5.41) is 2.66. The number of carbonyl (C=O) groups is 1. The van der Waals surface area contributed by atoms with Gasteiger partial charge in [0.25, 0.3) is 5.91 Å². The summed E-state index contributed by atoms with van der Waals surface area (Å²) in [6.07, 6.45) is 0. The second-order valence-electron chi connectivity index (χ2n) is 4.36. The second-order valence-corrected chi connectivity index (χ2v) is 4.36. The van der Waals surface area contributed by atoms with Gasteiger partial charge in [-0.1, -0.05) is 6.07 Å². The van der Waals surface area contributed by atoms with Crippen LogP contribution < -0.4 is 19.5 Å². The van der Waals surface area contributed by atoms with E-state index in [-0.39, 0.29) is 12.5 Å². The molecule has 6 heteroatoms. The first kappa shape index (κ1) is 15.6. The zero-order chi connectivity index (χ0) is 15.9. The Bertz CT molecular complexity index is 660. The van der Waals surface area contributed by atoms with Crippen molar-refractivity contribution in [3.05, 3.63) is 48.3 Å². The van der Waals surface area contributed by atoms with Crippen LogP contribution in [0.2, 0.25) is 0 Å². The third-order valence-corrected chi connectivity index (χ3v) is 2.83. The number of nitrogens with one attached hydrogen (secondary N) is 1. The Morgan fingerprint density at radius 3 is 2.55 bits per heavy atom. The van der Waals surface area contributed by atoms with Crippen LogP contribution in [0.1, 0.15) is 0 Å². The van der Waals surface area contributed by atoms with E-state index in [4.69, 9.17) is 14.2 Å². The zero-order valence-corrected chi connectivity index (χ0v) is 12.3. The van der Waals surface area contributed by atoms with E-state index in [2.05, 4.69) is 5.32 Å². The molecular formula is C16H16FNO4. The van der Waals surface area contributed by atoms with E-state index in [1.54, 1.807) is 24.3 Å². The van der Waals surface area contributed by atoms with E-state index in [1.807, 2.05) is 0 Å². The summed E-state index contributed by atoms with van der Waals surface area (Å²) in [6.45, 7) is -0.224. The molecule has 2 rings (SSSR count). The lowest BCUT2D eigenvalue weighted by Gasteiger charge is -2.11. The van der Waals surface area contributed by atoms with Gasteiger partial charge in [0.1, 0.15) is 11.6 Å². The fourth-order valence-electron chi connectivity index (χ4n) is 1.82. The summed E-state index contributed by atoms with van der Waals surface area (Å²) < 4.78 is 28.5. The summed E-state index contributed by atoms with van der Waals surface area (Å²) in [7, 11) is 3.04. The van der Waals surface area contributed by atoms with Gasteiger partial charge >= 0.3 is 0 Å². The molecule has 0 saturated carbocycles. The average Bonchev–Trinajstić information content (AvgIpc) is 2.53. The van der Waals surface area contributed by atoms with Gasteiger partial charge in [-0.05, 0) is 24.3 Å². The molecule has 0 aromatic heterocycles. The lowest BCUT2D eigenvalue weighted by atomic mass is 10.2. The van der Waals surface area contributed by atoms with Crippen molar-refractivity contribution in [2.75, 3.05) is 26.1 Å². The summed E-state index contributed by atoms with van der Waals surface area (Å²) >= 11 is 0. The molecule has 0 unspecified atom stereocenters. The Kier molecular flexibility index (Phi) is 5.19. The minimum atomic E-state index is -0.419. The first-order chi connectivity index (χ1) is 10.6. The molecule has 1 amide bonds. The molecule has 0 radical (unpaired) electrons. The summed E-state index contributed by atoms with van der Waals surface area (Å²) in [5.74, 6) is 0.583. The van der Waals surface area contributed by atoms with Crippen molar-refractivity contribution >= 4 is 11.6 Å². The normalized spacial score (nSPS) is 9.95. The molecule has 1 N–H and O–H groups in total. The van der Waals surface area contributed by atoms with Crippen molar-refractivity contribution in [2.24, 2.45) is 0 Å². The first-order valence-corrected chi connectivity index (χ1v) is 6.52. The monoisotopic (exact) mass is 305 g/mol. The van der Waals surface area contributed by atoms with Crippen molar-refractivity contribution in [1.29, 1.82) is 0 Å². The van der Waals surface area contributed by atoms with Gasteiger partial charge in [-0.15, -0.1) is 0 Å². The van der Waals surface area contributed by atoms with Crippen LogP contribution in [-0.4, -0.2) is 26.7 Å². The molecule has 116 valence electrons. The molecule has 2 aromatic rings. The smallest absolute Gasteiger partial charge is 0.262 e. The molecule has 0 aliphatic rings. The van der Waals surface area contributed by atoms with Crippen molar-refractivity contribution in [1.82, 2.24) is 0 Å². The van der Waals surface area contributed by atoms with Gasteiger partial charge in [0.2, 0.25) is 0 Å². The number of hydrogen-bond acceptors (Lipinski definition) is 4. The number of halogens is 1. The second kappa shape index (κ2) is 7.31. The predicted molar refractivity (Wildman–Crippen MR) is 80.1 cm³/mol. The first-order valence-electron chi connectivity index (χ1n) is 6.52. The number of carbonyl (C=O) groups excluding carboxylic acids is 1. The van der Waals surface area contributed by atoms with E-state index < -0.39 is 5.82 Å². The van der Waals surface area contributed by atoms with Crippen molar-refractivity contribution < 1.29 is 23.4 Å². The molecule has 0 atom stereocenters. The highest BCUT2D eigenvalue weighted by molar-refractivity contribution is 5.92. The van der Waals surface area contributed by atoms with E-state index in [0.717, 1.165) is 0 Å². The van der Waals surface area contributed by atoms with Crippen LogP contribution in [0, 0.1) is 5.82 Å². The van der Waals surface area contributed by atoms with Gasteiger partial charge in [-0.3, -0.25) is 4.79 Å². The Hall–Kier alpha value is -2.76. The van der Waals surface area contributed by atoms with Crippen molar-refractivity contribution in [3.63, 3.8) is 0 Å². The maximum Gasteiger partial charge on any atom is 0.262 e. The number of hydrogen-bond donors (Lipinski definition) is 1. The van der Waals surface area contributed by atoms with Crippen LogP contribution >= 0.6 is 0 Å². The standard InChI is InChI=1S/C16H16FNO4/c1-20-14-7-6-12(9-15(14)21-2)18-16(19)10-22-13-5-3-4-11(17)8-13/h3-9H,10H2,1-2H3,(H,18,19). The van der Waals surface area contributed by atoms with E-state index in [1.165, 1.54) is 32.4 Å². The topological polar surface area (TPSA) is 56.8 Å². The minimum Gasteiger partial charge on any atom is -0.493 e. The molecule has 2 aromatic carbocycles. The number of ether oxygens (including phenoxy) is 3. The SMILES string of the molecule is COc1ccc(NC(=O)COc2cccc(F)c2)cc1OC. The molecule has 0 heterocycles. The summed E-state index contributed by atoms with van der Waals surface area (Å²) in [4.78, 5) is 11.8.